The van der Waals surface area contributed by atoms with Gasteiger partial charge in [0.1, 0.15) is 4.88 Å². The normalized spacial score (nSPS) is 10.9. The highest BCUT2D eigenvalue weighted by Crippen LogP contribution is 2.24. The van der Waals surface area contributed by atoms with Gasteiger partial charge in [-0.05, 0) is 33.3 Å². The van der Waals surface area contributed by atoms with Crippen LogP contribution in [0, 0.1) is 5.92 Å². The zero-order valence-corrected chi connectivity index (χ0v) is 12.8. The SMILES string of the molecule is COCCN(CC(C)C)C(=O)c1sccc1Br. The number of thiophene rings is 1. The molecule has 96 valence electrons. The molecule has 0 atom stereocenters. The zero-order chi connectivity index (χ0) is 12.8. The van der Waals surface area contributed by atoms with E-state index in [1.54, 1.807) is 7.11 Å². The summed E-state index contributed by atoms with van der Waals surface area (Å²) in [5, 5.41) is 1.92. The Balaban J connectivity index is 2.75. The minimum Gasteiger partial charge on any atom is -0.383 e. The summed E-state index contributed by atoms with van der Waals surface area (Å²) in [6, 6.07) is 1.90. The van der Waals surface area contributed by atoms with E-state index in [4.69, 9.17) is 4.74 Å². The summed E-state index contributed by atoms with van der Waals surface area (Å²) >= 11 is 4.87. The molecule has 17 heavy (non-hydrogen) atoms. The Morgan fingerprint density at radius 2 is 2.29 bits per heavy atom. The lowest BCUT2D eigenvalue weighted by molar-refractivity contribution is 0.0676. The van der Waals surface area contributed by atoms with Crippen molar-refractivity contribution in [2.75, 3.05) is 26.8 Å². The molecule has 1 aromatic rings. The van der Waals surface area contributed by atoms with E-state index in [1.165, 1.54) is 11.3 Å². The molecule has 1 heterocycles. The van der Waals surface area contributed by atoms with Gasteiger partial charge in [0.25, 0.3) is 5.91 Å². The molecule has 5 heteroatoms. The van der Waals surface area contributed by atoms with Gasteiger partial charge in [0, 0.05) is 24.7 Å². The molecular weight excluding hydrogens is 302 g/mol. The van der Waals surface area contributed by atoms with Crippen molar-refractivity contribution < 1.29 is 9.53 Å². The summed E-state index contributed by atoms with van der Waals surface area (Å²) in [6.45, 7) is 6.18. The van der Waals surface area contributed by atoms with E-state index in [0.29, 0.717) is 19.1 Å². The quantitative estimate of drug-likeness (QED) is 0.805. The van der Waals surface area contributed by atoms with Gasteiger partial charge < -0.3 is 9.64 Å². The van der Waals surface area contributed by atoms with Crippen LogP contribution >= 0.6 is 27.3 Å². The highest BCUT2D eigenvalue weighted by Gasteiger charge is 2.19. The number of carbonyl (C=O) groups excluding carboxylic acids is 1. The molecule has 0 N–H and O–H groups in total. The smallest absolute Gasteiger partial charge is 0.265 e. The van der Waals surface area contributed by atoms with Crippen LogP contribution in [-0.4, -0.2) is 37.6 Å². The maximum atomic E-state index is 12.3. The molecule has 0 unspecified atom stereocenters. The maximum absolute atomic E-state index is 12.3. The van der Waals surface area contributed by atoms with Crippen molar-refractivity contribution in [3.05, 3.63) is 20.8 Å². The maximum Gasteiger partial charge on any atom is 0.265 e. The van der Waals surface area contributed by atoms with Crippen molar-refractivity contribution in [2.24, 2.45) is 5.92 Å². The van der Waals surface area contributed by atoms with Crippen LogP contribution in [0.4, 0.5) is 0 Å². The first kappa shape index (κ1) is 14.7. The van der Waals surface area contributed by atoms with Crippen molar-refractivity contribution >= 4 is 33.2 Å². The van der Waals surface area contributed by atoms with Crippen LogP contribution in [0.2, 0.25) is 0 Å². The van der Waals surface area contributed by atoms with E-state index >= 15 is 0 Å². The van der Waals surface area contributed by atoms with Gasteiger partial charge in [0.2, 0.25) is 0 Å². The predicted molar refractivity (Wildman–Crippen MR) is 74.6 cm³/mol. The average Bonchev–Trinajstić information content (AvgIpc) is 2.69. The Labute approximate surface area is 115 Å². The standard InChI is InChI=1S/C12H18BrNO2S/c1-9(2)8-14(5-6-16-3)12(15)11-10(13)4-7-17-11/h4,7,9H,5-6,8H2,1-3H3. The summed E-state index contributed by atoms with van der Waals surface area (Å²) < 4.78 is 5.92. The monoisotopic (exact) mass is 319 g/mol. The lowest BCUT2D eigenvalue weighted by Crippen LogP contribution is -2.36. The Morgan fingerprint density at radius 1 is 1.59 bits per heavy atom. The molecule has 0 fully saturated rings. The van der Waals surface area contributed by atoms with Crippen molar-refractivity contribution in [3.63, 3.8) is 0 Å². The first-order chi connectivity index (χ1) is 8.06. The second kappa shape index (κ2) is 7.13. The van der Waals surface area contributed by atoms with Crippen LogP contribution in [0.3, 0.4) is 0 Å². The molecule has 0 radical (unpaired) electrons. The number of methoxy groups -OCH3 is 1. The third kappa shape index (κ3) is 4.41. The van der Waals surface area contributed by atoms with Crippen LogP contribution in [0.15, 0.2) is 15.9 Å². The number of carbonyl (C=O) groups is 1. The molecule has 0 saturated heterocycles. The van der Waals surface area contributed by atoms with Crippen LogP contribution in [-0.2, 0) is 4.74 Å². The minimum absolute atomic E-state index is 0.0811. The van der Waals surface area contributed by atoms with Crippen LogP contribution in [0.1, 0.15) is 23.5 Å². The fraction of sp³-hybridized carbons (Fsp3) is 0.583. The van der Waals surface area contributed by atoms with E-state index in [0.717, 1.165) is 15.9 Å². The summed E-state index contributed by atoms with van der Waals surface area (Å²) in [7, 11) is 1.65. The number of halogens is 1. The largest absolute Gasteiger partial charge is 0.383 e. The second-order valence-electron chi connectivity index (χ2n) is 4.24. The van der Waals surface area contributed by atoms with Gasteiger partial charge in [0.05, 0.1) is 6.61 Å². The molecule has 3 nitrogen and oxygen atoms in total. The highest BCUT2D eigenvalue weighted by molar-refractivity contribution is 9.10. The molecule has 1 aromatic heterocycles. The van der Waals surface area contributed by atoms with Gasteiger partial charge in [-0.1, -0.05) is 13.8 Å². The molecule has 1 amide bonds. The Kier molecular flexibility index (Phi) is 6.16. The van der Waals surface area contributed by atoms with Crippen LogP contribution in [0.25, 0.3) is 0 Å². The Bertz CT molecular complexity index is 365. The van der Waals surface area contributed by atoms with Gasteiger partial charge in [0.15, 0.2) is 0 Å². The molecule has 0 spiro atoms. The molecule has 0 saturated carbocycles. The predicted octanol–water partition coefficient (Wildman–Crippen LogP) is 3.26. The van der Waals surface area contributed by atoms with E-state index in [-0.39, 0.29) is 5.91 Å². The van der Waals surface area contributed by atoms with Crippen molar-refractivity contribution in [3.8, 4) is 0 Å². The third-order valence-electron chi connectivity index (χ3n) is 2.25. The number of hydrogen-bond donors (Lipinski definition) is 0. The van der Waals surface area contributed by atoms with Crippen molar-refractivity contribution in [1.29, 1.82) is 0 Å². The number of rotatable bonds is 6. The minimum atomic E-state index is 0.0811. The molecule has 0 aromatic carbocycles. The Morgan fingerprint density at radius 3 is 2.76 bits per heavy atom. The first-order valence-corrected chi connectivity index (χ1v) is 7.24. The topological polar surface area (TPSA) is 29.5 Å². The summed E-state index contributed by atoms with van der Waals surface area (Å²) in [6.07, 6.45) is 0. The van der Waals surface area contributed by atoms with Gasteiger partial charge in [-0.3, -0.25) is 4.79 Å². The highest BCUT2D eigenvalue weighted by atomic mass is 79.9. The van der Waals surface area contributed by atoms with Crippen molar-refractivity contribution in [1.82, 2.24) is 4.90 Å². The van der Waals surface area contributed by atoms with Gasteiger partial charge in [-0.2, -0.15) is 0 Å². The lowest BCUT2D eigenvalue weighted by Gasteiger charge is -2.23. The van der Waals surface area contributed by atoms with E-state index < -0.39 is 0 Å². The van der Waals surface area contributed by atoms with E-state index in [1.807, 2.05) is 16.3 Å². The number of hydrogen-bond acceptors (Lipinski definition) is 3. The summed E-state index contributed by atoms with van der Waals surface area (Å²) in [4.78, 5) is 14.9. The molecule has 0 aliphatic rings. The van der Waals surface area contributed by atoms with E-state index in [2.05, 4.69) is 29.8 Å². The number of amides is 1. The zero-order valence-electron chi connectivity index (χ0n) is 10.4. The summed E-state index contributed by atoms with van der Waals surface area (Å²) in [5.41, 5.74) is 0. The number of ether oxygens (including phenoxy) is 1. The molecule has 0 aliphatic carbocycles. The fourth-order valence-corrected chi connectivity index (χ4v) is 3.02. The molecule has 1 rings (SSSR count). The molecule has 0 aliphatic heterocycles. The summed E-state index contributed by atoms with van der Waals surface area (Å²) in [5.74, 6) is 0.534. The third-order valence-corrected chi connectivity index (χ3v) is 4.08. The van der Waals surface area contributed by atoms with Crippen molar-refractivity contribution in [2.45, 2.75) is 13.8 Å². The Hall–Kier alpha value is -0.390. The molecule has 0 bridgehead atoms. The average molecular weight is 320 g/mol. The molecular formula is C12H18BrNO2S. The second-order valence-corrected chi connectivity index (χ2v) is 6.01. The van der Waals surface area contributed by atoms with Crippen LogP contribution in [0.5, 0.6) is 0 Å². The van der Waals surface area contributed by atoms with Gasteiger partial charge >= 0.3 is 0 Å². The van der Waals surface area contributed by atoms with Gasteiger partial charge in [-0.15, -0.1) is 11.3 Å². The lowest BCUT2D eigenvalue weighted by atomic mass is 10.2. The number of nitrogens with zero attached hydrogens (tertiary/aromatic N) is 1. The van der Waals surface area contributed by atoms with Crippen LogP contribution < -0.4 is 0 Å². The van der Waals surface area contributed by atoms with E-state index in [9.17, 15) is 4.79 Å². The fourth-order valence-electron chi connectivity index (χ4n) is 1.51. The van der Waals surface area contributed by atoms with Gasteiger partial charge in [-0.25, -0.2) is 0 Å². The first-order valence-electron chi connectivity index (χ1n) is 5.57.